The third kappa shape index (κ3) is 2.65. The molecule has 1 aliphatic heterocycles. The Balaban J connectivity index is 1.94. The Hall–Kier alpha value is -1.16. The Bertz CT molecular complexity index is 340. The van der Waals surface area contributed by atoms with Crippen LogP contribution in [0.5, 0.6) is 0 Å². The lowest BCUT2D eigenvalue weighted by Crippen LogP contribution is -2.35. The van der Waals surface area contributed by atoms with Gasteiger partial charge in [-0.3, -0.25) is 4.79 Å². The fourth-order valence-electron chi connectivity index (χ4n) is 1.92. The van der Waals surface area contributed by atoms with Gasteiger partial charge in [-0.2, -0.15) is 0 Å². The van der Waals surface area contributed by atoms with Gasteiger partial charge in [-0.05, 0) is 19.4 Å². The van der Waals surface area contributed by atoms with Crippen LogP contribution in [0.25, 0.3) is 0 Å². The highest BCUT2D eigenvalue weighted by Gasteiger charge is 2.16. The number of nitrogens with one attached hydrogen (secondary N) is 1. The maximum atomic E-state index is 11.0. The minimum atomic E-state index is -0.0402. The second-order valence-electron chi connectivity index (χ2n) is 4.09. The third-order valence-corrected chi connectivity index (χ3v) is 2.78. The van der Waals surface area contributed by atoms with Crippen LogP contribution < -0.4 is 5.32 Å². The molecule has 1 fully saturated rings. The summed E-state index contributed by atoms with van der Waals surface area (Å²) in [5.74, 6) is 0.765. The quantitative estimate of drug-likeness (QED) is 0.766. The molecule has 0 aliphatic carbocycles. The van der Waals surface area contributed by atoms with E-state index in [1.54, 1.807) is 6.07 Å². The van der Waals surface area contributed by atoms with E-state index < -0.39 is 0 Å². The van der Waals surface area contributed by atoms with Crippen molar-refractivity contribution in [2.45, 2.75) is 38.6 Å². The van der Waals surface area contributed by atoms with E-state index in [1.165, 1.54) is 26.2 Å². The number of ketones is 1. The van der Waals surface area contributed by atoms with Crippen LogP contribution in [0.15, 0.2) is 10.6 Å². The van der Waals surface area contributed by atoms with E-state index in [2.05, 4.69) is 10.5 Å². The van der Waals surface area contributed by atoms with E-state index in [0.29, 0.717) is 11.7 Å². The first-order valence-corrected chi connectivity index (χ1v) is 5.45. The van der Waals surface area contributed by atoms with Gasteiger partial charge >= 0.3 is 0 Å². The van der Waals surface area contributed by atoms with Crippen LogP contribution in [0, 0.1) is 0 Å². The Morgan fingerprint density at radius 3 is 3.13 bits per heavy atom. The lowest BCUT2D eigenvalue weighted by molar-refractivity contribution is 0.100. The molecule has 1 unspecified atom stereocenters. The first-order valence-electron chi connectivity index (χ1n) is 5.45. The standard InChI is InChI=1S/C11H16N2O2/c1-8(14)11-7-10(15-13-11)6-9-4-2-3-5-12-9/h7,9,12H,2-6H2,1H3. The maximum absolute atomic E-state index is 11.0. The van der Waals surface area contributed by atoms with Crippen LogP contribution >= 0.6 is 0 Å². The minimum absolute atomic E-state index is 0.0402. The van der Waals surface area contributed by atoms with Crippen molar-refractivity contribution in [3.05, 3.63) is 17.5 Å². The number of carbonyl (C=O) groups excluding carboxylic acids is 1. The highest BCUT2D eigenvalue weighted by Crippen LogP contribution is 2.13. The normalized spacial score (nSPS) is 21.5. The van der Waals surface area contributed by atoms with Gasteiger partial charge in [0, 0.05) is 25.5 Å². The molecule has 1 aromatic rings. The van der Waals surface area contributed by atoms with Gasteiger partial charge in [0.15, 0.2) is 5.78 Å². The molecule has 4 nitrogen and oxygen atoms in total. The number of hydrogen-bond acceptors (Lipinski definition) is 4. The number of piperidine rings is 1. The molecule has 1 saturated heterocycles. The maximum Gasteiger partial charge on any atom is 0.181 e. The van der Waals surface area contributed by atoms with Gasteiger partial charge in [-0.15, -0.1) is 0 Å². The van der Waals surface area contributed by atoms with Crippen molar-refractivity contribution in [1.29, 1.82) is 0 Å². The number of nitrogens with zero attached hydrogens (tertiary/aromatic N) is 1. The average Bonchev–Trinajstić information content (AvgIpc) is 2.68. The Morgan fingerprint density at radius 2 is 2.53 bits per heavy atom. The lowest BCUT2D eigenvalue weighted by Gasteiger charge is -2.21. The molecule has 82 valence electrons. The lowest BCUT2D eigenvalue weighted by atomic mass is 10.0. The fourth-order valence-corrected chi connectivity index (χ4v) is 1.92. The molecule has 2 heterocycles. The summed E-state index contributed by atoms with van der Waals surface area (Å²) >= 11 is 0. The van der Waals surface area contributed by atoms with E-state index in [-0.39, 0.29) is 5.78 Å². The van der Waals surface area contributed by atoms with Crippen molar-refractivity contribution in [1.82, 2.24) is 10.5 Å². The van der Waals surface area contributed by atoms with Crippen LogP contribution in [-0.4, -0.2) is 23.5 Å². The smallest absolute Gasteiger partial charge is 0.181 e. The first-order chi connectivity index (χ1) is 7.25. The van der Waals surface area contributed by atoms with E-state index in [0.717, 1.165) is 18.7 Å². The molecule has 1 aliphatic rings. The van der Waals surface area contributed by atoms with Crippen molar-refractivity contribution in [3.63, 3.8) is 0 Å². The average molecular weight is 208 g/mol. The summed E-state index contributed by atoms with van der Waals surface area (Å²) in [5.41, 5.74) is 0.431. The van der Waals surface area contributed by atoms with Gasteiger partial charge in [-0.25, -0.2) is 0 Å². The Labute approximate surface area is 89.0 Å². The van der Waals surface area contributed by atoms with Crippen molar-refractivity contribution in [2.24, 2.45) is 0 Å². The predicted molar refractivity (Wildman–Crippen MR) is 55.9 cm³/mol. The molecule has 1 aromatic heterocycles. The number of rotatable bonds is 3. The topological polar surface area (TPSA) is 55.1 Å². The molecule has 0 saturated carbocycles. The number of Topliss-reactive ketones (excluding diaryl/α,β-unsaturated/α-hetero) is 1. The fraction of sp³-hybridized carbons (Fsp3) is 0.636. The van der Waals surface area contributed by atoms with Crippen molar-refractivity contribution in [2.75, 3.05) is 6.54 Å². The summed E-state index contributed by atoms with van der Waals surface area (Å²) in [5, 5.41) is 7.16. The highest BCUT2D eigenvalue weighted by molar-refractivity contribution is 5.91. The summed E-state index contributed by atoms with van der Waals surface area (Å²) in [4.78, 5) is 11.0. The Kier molecular flexibility index (Phi) is 3.16. The molecule has 1 N–H and O–H groups in total. The van der Waals surface area contributed by atoms with Crippen LogP contribution in [0.1, 0.15) is 42.4 Å². The molecule has 15 heavy (non-hydrogen) atoms. The molecule has 0 bridgehead atoms. The Morgan fingerprint density at radius 1 is 1.67 bits per heavy atom. The molecule has 0 radical (unpaired) electrons. The molecular weight excluding hydrogens is 192 g/mol. The highest BCUT2D eigenvalue weighted by atomic mass is 16.5. The summed E-state index contributed by atoms with van der Waals surface area (Å²) in [6.45, 7) is 2.58. The summed E-state index contributed by atoms with van der Waals surface area (Å²) in [6, 6.07) is 2.23. The van der Waals surface area contributed by atoms with Crippen LogP contribution in [0.4, 0.5) is 0 Å². The van der Waals surface area contributed by atoms with Crippen molar-refractivity contribution >= 4 is 5.78 Å². The molecule has 0 aromatic carbocycles. The van der Waals surface area contributed by atoms with Gasteiger partial charge in [-0.1, -0.05) is 11.6 Å². The third-order valence-electron chi connectivity index (χ3n) is 2.78. The number of aromatic nitrogens is 1. The van der Waals surface area contributed by atoms with E-state index in [1.807, 2.05) is 0 Å². The second-order valence-corrected chi connectivity index (χ2v) is 4.09. The molecular formula is C11H16N2O2. The molecule has 1 atom stereocenters. The largest absolute Gasteiger partial charge is 0.361 e. The van der Waals surface area contributed by atoms with Crippen molar-refractivity contribution < 1.29 is 9.32 Å². The number of carbonyl (C=O) groups is 1. The molecule has 0 spiro atoms. The van der Waals surface area contributed by atoms with Gasteiger partial charge < -0.3 is 9.84 Å². The van der Waals surface area contributed by atoms with E-state index in [9.17, 15) is 4.79 Å². The van der Waals surface area contributed by atoms with Crippen LogP contribution in [0.2, 0.25) is 0 Å². The van der Waals surface area contributed by atoms with Crippen molar-refractivity contribution in [3.8, 4) is 0 Å². The zero-order chi connectivity index (χ0) is 10.7. The van der Waals surface area contributed by atoms with Crippen LogP contribution in [-0.2, 0) is 6.42 Å². The van der Waals surface area contributed by atoms with Crippen LogP contribution in [0.3, 0.4) is 0 Å². The summed E-state index contributed by atoms with van der Waals surface area (Å²) < 4.78 is 5.12. The number of hydrogen-bond donors (Lipinski definition) is 1. The zero-order valence-corrected chi connectivity index (χ0v) is 8.95. The molecule has 2 rings (SSSR count). The summed E-state index contributed by atoms with van der Waals surface area (Å²) in [6.07, 6.45) is 4.54. The second kappa shape index (κ2) is 4.57. The van der Waals surface area contributed by atoms with E-state index >= 15 is 0 Å². The van der Waals surface area contributed by atoms with Gasteiger partial charge in [0.25, 0.3) is 0 Å². The van der Waals surface area contributed by atoms with Gasteiger partial charge in [0.05, 0.1) is 0 Å². The van der Waals surface area contributed by atoms with Gasteiger partial charge in [0.1, 0.15) is 11.5 Å². The predicted octanol–water partition coefficient (Wildman–Crippen LogP) is 1.56. The summed E-state index contributed by atoms with van der Waals surface area (Å²) in [7, 11) is 0. The molecule has 4 heteroatoms. The first kappa shape index (κ1) is 10.4. The molecule has 0 amide bonds. The SMILES string of the molecule is CC(=O)c1cc(CC2CCCCN2)on1. The van der Waals surface area contributed by atoms with Gasteiger partial charge in [0.2, 0.25) is 0 Å². The minimum Gasteiger partial charge on any atom is -0.361 e. The zero-order valence-electron chi connectivity index (χ0n) is 8.95. The van der Waals surface area contributed by atoms with E-state index in [4.69, 9.17) is 4.52 Å². The monoisotopic (exact) mass is 208 g/mol.